The second-order valence-electron chi connectivity index (χ2n) is 3.28. The van der Waals surface area contributed by atoms with Crippen LogP contribution >= 0.6 is 34.5 Å². The number of nitrogens with one attached hydrogen (secondary N) is 1. The van der Waals surface area contributed by atoms with Gasteiger partial charge in [-0.15, -0.1) is 11.3 Å². The lowest BCUT2D eigenvalue weighted by atomic mass is 10.1. The van der Waals surface area contributed by atoms with Crippen LogP contribution in [-0.4, -0.2) is 9.55 Å². The number of hydrogen-bond acceptors (Lipinski definition) is 4. The minimum absolute atomic E-state index is 0.253. The van der Waals surface area contributed by atoms with E-state index in [0.29, 0.717) is 8.67 Å². The Hall–Kier alpha value is -0.590. The summed E-state index contributed by atoms with van der Waals surface area (Å²) in [6, 6.07) is 1.55. The number of nitrogens with zero attached hydrogens (tertiary/aromatic N) is 2. The molecule has 7 heteroatoms. The molecule has 1 atom stereocenters. The summed E-state index contributed by atoms with van der Waals surface area (Å²) in [6.45, 7) is 0. The fourth-order valence-electron chi connectivity index (χ4n) is 1.51. The van der Waals surface area contributed by atoms with Crippen LogP contribution in [0.4, 0.5) is 0 Å². The van der Waals surface area contributed by atoms with E-state index in [2.05, 4.69) is 10.4 Å². The number of aromatic nitrogens is 2. The number of nitrogens with two attached hydrogens (primary N) is 1. The van der Waals surface area contributed by atoms with Crippen LogP contribution in [0.25, 0.3) is 0 Å². The van der Waals surface area contributed by atoms with Gasteiger partial charge in [0.25, 0.3) is 0 Å². The normalized spacial score (nSPS) is 13.0. The fourth-order valence-corrected chi connectivity index (χ4v) is 3.04. The first-order chi connectivity index (χ1) is 7.63. The summed E-state index contributed by atoms with van der Waals surface area (Å²) in [5.41, 5.74) is 3.54. The first-order valence-electron chi connectivity index (χ1n) is 4.51. The van der Waals surface area contributed by atoms with Gasteiger partial charge < -0.3 is 4.57 Å². The van der Waals surface area contributed by atoms with Crippen molar-refractivity contribution in [1.29, 1.82) is 0 Å². The molecule has 1 unspecified atom stereocenters. The highest BCUT2D eigenvalue weighted by molar-refractivity contribution is 7.20. The predicted octanol–water partition coefficient (Wildman–Crippen LogP) is 2.34. The van der Waals surface area contributed by atoms with Crippen LogP contribution in [0, 0.1) is 0 Å². The maximum Gasteiger partial charge on any atom is 0.131 e. The molecular weight excluding hydrogens is 267 g/mol. The second kappa shape index (κ2) is 4.73. The molecule has 0 aliphatic heterocycles. The number of hydrogen-bond donors (Lipinski definition) is 2. The smallest absolute Gasteiger partial charge is 0.131 e. The molecular formula is C9H10Cl2N4S. The van der Waals surface area contributed by atoms with Gasteiger partial charge in [0.15, 0.2) is 0 Å². The molecule has 86 valence electrons. The zero-order chi connectivity index (χ0) is 11.7. The third-order valence-electron chi connectivity index (χ3n) is 2.28. The molecule has 2 rings (SSSR count). The average molecular weight is 277 g/mol. The van der Waals surface area contributed by atoms with Crippen molar-refractivity contribution in [2.24, 2.45) is 12.9 Å². The Kier molecular flexibility index (Phi) is 3.51. The molecule has 0 bridgehead atoms. The van der Waals surface area contributed by atoms with Gasteiger partial charge in [-0.05, 0) is 6.07 Å². The summed E-state index contributed by atoms with van der Waals surface area (Å²) in [5.74, 6) is 6.33. The molecule has 3 N–H and O–H groups in total. The Morgan fingerprint density at radius 3 is 2.75 bits per heavy atom. The van der Waals surface area contributed by atoms with Gasteiger partial charge in [0.2, 0.25) is 0 Å². The predicted molar refractivity (Wildman–Crippen MR) is 66.7 cm³/mol. The maximum absolute atomic E-state index is 6.09. The molecule has 0 spiro atoms. The van der Waals surface area contributed by atoms with E-state index in [4.69, 9.17) is 29.0 Å². The molecule has 16 heavy (non-hydrogen) atoms. The summed E-state index contributed by atoms with van der Waals surface area (Å²) < 4.78 is 3.14. The number of hydrazine groups is 1. The van der Waals surface area contributed by atoms with Gasteiger partial charge in [-0.25, -0.2) is 10.4 Å². The van der Waals surface area contributed by atoms with Crippen molar-refractivity contribution in [2.45, 2.75) is 6.04 Å². The van der Waals surface area contributed by atoms with Crippen molar-refractivity contribution in [3.05, 3.63) is 38.5 Å². The molecule has 0 aliphatic rings. The van der Waals surface area contributed by atoms with E-state index in [9.17, 15) is 0 Å². The molecule has 2 aromatic heterocycles. The quantitative estimate of drug-likeness (QED) is 0.668. The number of aryl methyl sites for hydroxylation is 1. The van der Waals surface area contributed by atoms with E-state index in [1.54, 1.807) is 12.3 Å². The third-order valence-corrected chi connectivity index (χ3v) is 3.80. The number of halogens is 2. The zero-order valence-electron chi connectivity index (χ0n) is 8.45. The summed E-state index contributed by atoms with van der Waals surface area (Å²) in [4.78, 5) is 4.24. The van der Waals surface area contributed by atoms with Gasteiger partial charge in [0, 0.05) is 25.0 Å². The lowest BCUT2D eigenvalue weighted by molar-refractivity contribution is 0.581. The van der Waals surface area contributed by atoms with E-state index in [1.165, 1.54) is 11.3 Å². The Morgan fingerprint density at radius 2 is 2.31 bits per heavy atom. The average Bonchev–Trinajstić information content (AvgIpc) is 2.77. The van der Waals surface area contributed by atoms with E-state index in [1.807, 2.05) is 17.8 Å². The highest BCUT2D eigenvalue weighted by Crippen LogP contribution is 2.36. The molecule has 2 aromatic rings. The maximum atomic E-state index is 6.09. The van der Waals surface area contributed by atoms with Crippen molar-refractivity contribution >= 4 is 34.5 Å². The summed E-state index contributed by atoms with van der Waals surface area (Å²) in [7, 11) is 1.90. The summed E-state index contributed by atoms with van der Waals surface area (Å²) >= 11 is 13.3. The lowest BCUT2D eigenvalue weighted by Gasteiger charge is -2.14. The van der Waals surface area contributed by atoms with Crippen LogP contribution in [0.2, 0.25) is 8.67 Å². The van der Waals surface area contributed by atoms with E-state index < -0.39 is 0 Å². The molecule has 0 saturated carbocycles. The standard InChI is InChI=1S/C9H10Cl2N4S/c1-15-3-2-13-9(15)7(14-12)5-4-6(10)16-8(5)11/h2-4,7,14H,12H2,1H3. The molecule has 2 heterocycles. The van der Waals surface area contributed by atoms with Crippen molar-refractivity contribution < 1.29 is 0 Å². The lowest BCUT2D eigenvalue weighted by Crippen LogP contribution is -2.30. The number of rotatable bonds is 3. The highest BCUT2D eigenvalue weighted by atomic mass is 35.5. The SMILES string of the molecule is Cn1ccnc1C(NN)c1cc(Cl)sc1Cl. The van der Waals surface area contributed by atoms with E-state index in [-0.39, 0.29) is 6.04 Å². The van der Waals surface area contributed by atoms with Crippen molar-refractivity contribution in [3.8, 4) is 0 Å². The van der Waals surface area contributed by atoms with Gasteiger partial charge in [-0.1, -0.05) is 23.2 Å². The number of imidazole rings is 1. The Bertz CT molecular complexity index is 493. The molecule has 0 saturated heterocycles. The topological polar surface area (TPSA) is 55.9 Å². The fraction of sp³-hybridized carbons (Fsp3) is 0.222. The van der Waals surface area contributed by atoms with Crippen LogP contribution in [0.1, 0.15) is 17.4 Å². The largest absolute Gasteiger partial charge is 0.336 e. The first-order valence-corrected chi connectivity index (χ1v) is 6.08. The molecule has 0 amide bonds. The summed E-state index contributed by atoms with van der Waals surface area (Å²) in [6.07, 6.45) is 3.56. The minimum atomic E-state index is -0.253. The van der Waals surface area contributed by atoms with Crippen LogP contribution in [-0.2, 0) is 7.05 Å². The van der Waals surface area contributed by atoms with Crippen LogP contribution in [0.3, 0.4) is 0 Å². The molecule has 0 radical (unpaired) electrons. The van der Waals surface area contributed by atoms with E-state index >= 15 is 0 Å². The van der Waals surface area contributed by atoms with Crippen molar-refractivity contribution in [1.82, 2.24) is 15.0 Å². The summed E-state index contributed by atoms with van der Waals surface area (Å²) in [5, 5.41) is 0. The molecule has 0 aliphatic carbocycles. The van der Waals surface area contributed by atoms with Crippen molar-refractivity contribution in [2.75, 3.05) is 0 Å². The Morgan fingerprint density at radius 1 is 1.56 bits per heavy atom. The van der Waals surface area contributed by atoms with Gasteiger partial charge in [0.1, 0.15) is 11.9 Å². The van der Waals surface area contributed by atoms with Gasteiger partial charge in [-0.3, -0.25) is 5.84 Å². The molecule has 4 nitrogen and oxygen atoms in total. The monoisotopic (exact) mass is 276 g/mol. The van der Waals surface area contributed by atoms with E-state index in [0.717, 1.165) is 11.4 Å². The Balaban J connectivity index is 2.44. The minimum Gasteiger partial charge on any atom is -0.336 e. The van der Waals surface area contributed by atoms with Gasteiger partial charge in [0.05, 0.1) is 8.67 Å². The van der Waals surface area contributed by atoms with Crippen molar-refractivity contribution in [3.63, 3.8) is 0 Å². The Labute approximate surface area is 107 Å². The molecule has 0 aromatic carbocycles. The zero-order valence-corrected chi connectivity index (χ0v) is 10.8. The van der Waals surface area contributed by atoms with Gasteiger partial charge in [-0.2, -0.15) is 0 Å². The number of thiophene rings is 1. The van der Waals surface area contributed by atoms with Gasteiger partial charge >= 0.3 is 0 Å². The van der Waals surface area contributed by atoms with Crippen LogP contribution in [0.15, 0.2) is 18.5 Å². The third kappa shape index (κ3) is 2.09. The first kappa shape index (κ1) is 11.9. The van der Waals surface area contributed by atoms with Crippen LogP contribution < -0.4 is 11.3 Å². The highest BCUT2D eigenvalue weighted by Gasteiger charge is 2.21. The van der Waals surface area contributed by atoms with Crippen LogP contribution in [0.5, 0.6) is 0 Å². The second-order valence-corrected chi connectivity index (χ2v) is 5.56. The molecule has 0 fully saturated rings.